The smallest absolute Gasteiger partial charge is 0.265 e. The molecule has 1 aromatic heterocycles. The van der Waals surface area contributed by atoms with E-state index < -0.39 is 15.6 Å². The fraction of sp³-hybridized carbons (Fsp3) is 0.0667. The van der Waals surface area contributed by atoms with Crippen LogP contribution in [0.5, 0.6) is 17.4 Å². The molecule has 202 valence electrons. The Morgan fingerprint density at radius 2 is 1.57 bits per heavy atom. The molecule has 0 fully saturated rings. The van der Waals surface area contributed by atoms with Gasteiger partial charge in [0.05, 0.1) is 41.7 Å². The Kier molecular flexibility index (Phi) is 7.26. The molecular weight excluding hydrogens is 530 g/mol. The second kappa shape index (κ2) is 11.0. The van der Waals surface area contributed by atoms with Crippen LogP contribution in [-0.2, 0) is 10.0 Å². The molecule has 2 N–H and O–H groups in total. The molecule has 0 unspecified atom stereocenters. The first-order valence-electron chi connectivity index (χ1n) is 12.1. The molecule has 0 aliphatic rings. The molecule has 0 bridgehead atoms. The molecule has 1 heterocycles. The molecule has 5 rings (SSSR count). The average molecular weight is 556 g/mol. The van der Waals surface area contributed by atoms with Gasteiger partial charge in [-0.15, -0.1) is 0 Å². The van der Waals surface area contributed by atoms with Crippen LogP contribution in [0.3, 0.4) is 0 Å². The largest absolute Gasteiger partial charge is 0.497 e. The molecule has 0 atom stereocenters. The number of benzene rings is 4. The van der Waals surface area contributed by atoms with Gasteiger partial charge >= 0.3 is 0 Å². The normalized spacial score (nSPS) is 11.6. The van der Waals surface area contributed by atoms with Crippen molar-refractivity contribution in [1.82, 2.24) is 4.57 Å². The van der Waals surface area contributed by atoms with Crippen molar-refractivity contribution in [2.45, 2.75) is 4.90 Å². The summed E-state index contributed by atoms with van der Waals surface area (Å²) in [5, 5.41) is 12.2. The minimum atomic E-state index is -4.07. The van der Waals surface area contributed by atoms with Crippen molar-refractivity contribution < 1.29 is 23.0 Å². The topological polar surface area (TPSA) is 119 Å². The van der Waals surface area contributed by atoms with Crippen molar-refractivity contribution in [3.8, 4) is 23.1 Å². The van der Waals surface area contributed by atoms with Crippen LogP contribution < -0.4 is 19.8 Å². The molecule has 0 saturated carbocycles. The zero-order valence-electron chi connectivity index (χ0n) is 21.6. The fourth-order valence-electron chi connectivity index (χ4n) is 4.28. The van der Waals surface area contributed by atoms with Gasteiger partial charge < -0.3 is 14.6 Å². The van der Waals surface area contributed by atoms with Gasteiger partial charge in [0, 0.05) is 23.1 Å². The van der Waals surface area contributed by atoms with Crippen molar-refractivity contribution >= 4 is 38.4 Å². The highest BCUT2D eigenvalue weighted by Crippen LogP contribution is 2.30. The number of aromatic hydroxyl groups is 1. The Morgan fingerprint density at radius 3 is 2.35 bits per heavy atom. The second-order valence-corrected chi connectivity index (χ2v) is 10.4. The first kappa shape index (κ1) is 26.5. The molecule has 0 aliphatic heterocycles. The van der Waals surface area contributed by atoms with Crippen LogP contribution in [0.15, 0.2) is 112 Å². The van der Waals surface area contributed by atoms with Crippen LogP contribution in [0.25, 0.3) is 16.5 Å². The lowest BCUT2D eigenvalue weighted by atomic mass is 10.1. The molecule has 9 nitrogen and oxygen atoms in total. The summed E-state index contributed by atoms with van der Waals surface area (Å²) in [6.45, 7) is 0. The van der Waals surface area contributed by atoms with Crippen molar-refractivity contribution in [3.05, 3.63) is 113 Å². The number of nitrogens with one attached hydrogen (secondary N) is 1. The number of hydrogen-bond donors (Lipinski definition) is 2. The van der Waals surface area contributed by atoms with Gasteiger partial charge in [-0.05, 0) is 48.5 Å². The number of hydrogen-bond acceptors (Lipinski definition) is 7. The number of pyridine rings is 1. The number of sulfonamides is 1. The van der Waals surface area contributed by atoms with Crippen LogP contribution in [0.1, 0.15) is 5.56 Å². The van der Waals surface area contributed by atoms with E-state index in [9.17, 15) is 18.3 Å². The van der Waals surface area contributed by atoms with E-state index >= 15 is 0 Å². The van der Waals surface area contributed by atoms with Crippen LogP contribution in [-0.4, -0.2) is 38.5 Å². The Bertz CT molecular complexity index is 1920. The summed E-state index contributed by atoms with van der Waals surface area (Å²) in [6, 6.07) is 26.3. The standard InChI is InChI=1S/C30H25N3O6S/c1-38-22-11-7-9-20(17-22)31-19-26-24-13-3-4-14-25(24)29(34)33(30(26)35)21-10-8-12-23(18-21)40(36,37)32-27-15-5-6-16-28(27)39-2/h3-19,32,35H,1-2H3. The third kappa shape index (κ3) is 5.12. The first-order chi connectivity index (χ1) is 19.3. The Morgan fingerprint density at radius 1 is 0.850 bits per heavy atom. The molecule has 5 aromatic rings. The fourth-order valence-corrected chi connectivity index (χ4v) is 5.39. The molecule has 0 radical (unpaired) electrons. The van der Waals surface area contributed by atoms with E-state index in [1.54, 1.807) is 86.0 Å². The van der Waals surface area contributed by atoms with Crippen molar-refractivity contribution in [2.24, 2.45) is 4.99 Å². The lowest BCUT2D eigenvalue weighted by Crippen LogP contribution is -2.21. The van der Waals surface area contributed by atoms with Gasteiger partial charge in [0.2, 0.25) is 5.88 Å². The SMILES string of the molecule is COc1cccc(N=Cc2c(O)n(-c3cccc(S(=O)(=O)Nc4ccccc4OC)c3)c(=O)c3ccccc23)c1. The number of aliphatic imine (C=N–C) groups is 1. The van der Waals surface area contributed by atoms with E-state index in [0.29, 0.717) is 33.5 Å². The summed E-state index contributed by atoms with van der Waals surface area (Å²) < 4.78 is 40.6. The van der Waals surface area contributed by atoms with Gasteiger partial charge in [-0.2, -0.15) is 0 Å². The number of methoxy groups -OCH3 is 2. The van der Waals surface area contributed by atoms with E-state index in [1.807, 2.05) is 0 Å². The van der Waals surface area contributed by atoms with E-state index in [2.05, 4.69) is 9.71 Å². The summed E-state index contributed by atoms with van der Waals surface area (Å²) in [6.07, 6.45) is 1.46. The highest BCUT2D eigenvalue weighted by Gasteiger charge is 2.20. The molecule has 0 spiro atoms. The monoisotopic (exact) mass is 555 g/mol. The Balaban J connectivity index is 1.63. The lowest BCUT2D eigenvalue weighted by Gasteiger charge is -2.15. The number of nitrogens with zero attached hydrogens (tertiary/aromatic N) is 2. The van der Waals surface area contributed by atoms with Crippen molar-refractivity contribution in [2.75, 3.05) is 18.9 Å². The molecule has 0 aliphatic carbocycles. The van der Waals surface area contributed by atoms with Gasteiger partial charge in [-0.25, -0.2) is 13.0 Å². The summed E-state index contributed by atoms with van der Waals surface area (Å²) in [5.74, 6) is 0.585. The third-order valence-electron chi connectivity index (χ3n) is 6.24. The van der Waals surface area contributed by atoms with Gasteiger partial charge in [-0.3, -0.25) is 14.5 Å². The number of para-hydroxylation sites is 2. The number of fused-ring (bicyclic) bond motifs is 1. The van der Waals surface area contributed by atoms with E-state index in [0.717, 1.165) is 4.57 Å². The maximum Gasteiger partial charge on any atom is 0.265 e. The summed E-state index contributed by atoms with van der Waals surface area (Å²) in [4.78, 5) is 17.9. The number of aromatic nitrogens is 1. The molecule has 4 aromatic carbocycles. The lowest BCUT2D eigenvalue weighted by molar-refractivity contribution is 0.415. The quantitative estimate of drug-likeness (QED) is 0.252. The van der Waals surface area contributed by atoms with E-state index in [1.165, 1.54) is 31.5 Å². The zero-order chi connectivity index (χ0) is 28.3. The maximum absolute atomic E-state index is 13.6. The summed E-state index contributed by atoms with van der Waals surface area (Å²) in [7, 11) is -1.08. The van der Waals surface area contributed by atoms with E-state index in [4.69, 9.17) is 9.47 Å². The number of anilines is 1. The number of ether oxygens (including phenoxy) is 2. The van der Waals surface area contributed by atoms with Crippen LogP contribution in [0.2, 0.25) is 0 Å². The molecule has 10 heteroatoms. The highest BCUT2D eigenvalue weighted by atomic mass is 32.2. The molecule has 40 heavy (non-hydrogen) atoms. The summed E-state index contributed by atoms with van der Waals surface area (Å²) in [5.41, 5.74) is 0.776. The predicted molar refractivity (Wildman–Crippen MR) is 155 cm³/mol. The van der Waals surface area contributed by atoms with Gasteiger partial charge in [-0.1, -0.05) is 42.5 Å². The van der Waals surface area contributed by atoms with Gasteiger partial charge in [0.25, 0.3) is 15.6 Å². The van der Waals surface area contributed by atoms with Crippen LogP contribution in [0, 0.1) is 0 Å². The van der Waals surface area contributed by atoms with Crippen molar-refractivity contribution in [3.63, 3.8) is 0 Å². The van der Waals surface area contributed by atoms with Crippen LogP contribution >= 0.6 is 0 Å². The molecule has 0 saturated heterocycles. The third-order valence-corrected chi connectivity index (χ3v) is 7.60. The molecular formula is C30H25N3O6S. The van der Waals surface area contributed by atoms with Gasteiger partial charge in [0.1, 0.15) is 11.5 Å². The number of rotatable bonds is 8. The Hall–Kier alpha value is -5.09. The predicted octanol–water partition coefficient (Wildman–Crippen LogP) is 5.26. The van der Waals surface area contributed by atoms with Crippen LogP contribution in [0.4, 0.5) is 11.4 Å². The Labute approximate surface area is 230 Å². The summed E-state index contributed by atoms with van der Waals surface area (Å²) >= 11 is 0. The van der Waals surface area contributed by atoms with E-state index in [-0.39, 0.29) is 22.2 Å². The highest BCUT2D eigenvalue weighted by molar-refractivity contribution is 7.92. The second-order valence-electron chi connectivity index (χ2n) is 8.69. The van der Waals surface area contributed by atoms with Gasteiger partial charge in [0.15, 0.2) is 0 Å². The maximum atomic E-state index is 13.6. The minimum absolute atomic E-state index is 0.109. The zero-order valence-corrected chi connectivity index (χ0v) is 22.4. The molecule has 0 amide bonds. The van der Waals surface area contributed by atoms with Crippen molar-refractivity contribution in [1.29, 1.82) is 0 Å². The average Bonchev–Trinajstić information content (AvgIpc) is 2.97. The minimum Gasteiger partial charge on any atom is -0.497 e. The first-order valence-corrected chi connectivity index (χ1v) is 13.6.